The van der Waals surface area contributed by atoms with E-state index in [2.05, 4.69) is 35.6 Å². The molecule has 3 heterocycles. The predicted octanol–water partition coefficient (Wildman–Crippen LogP) is 2.27. The second-order valence-electron chi connectivity index (χ2n) is 6.58. The summed E-state index contributed by atoms with van der Waals surface area (Å²) in [5, 5.41) is 10.8. The van der Waals surface area contributed by atoms with Crippen LogP contribution < -0.4 is 10.6 Å². The minimum atomic E-state index is 0. The van der Waals surface area contributed by atoms with Crippen molar-refractivity contribution in [2.75, 3.05) is 51.6 Å². The third-order valence-corrected chi connectivity index (χ3v) is 4.62. The zero-order valence-corrected chi connectivity index (χ0v) is 18.7. The van der Waals surface area contributed by atoms with Crippen molar-refractivity contribution in [2.24, 2.45) is 4.99 Å². The summed E-state index contributed by atoms with van der Waals surface area (Å²) >= 11 is 0. The van der Waals surface area contributed by atoms with Crippen molar-refractivity contribution in [2.45, 2.75) is 19.4 Å². The van der Waals surface area contributed by atoms with Crippen LogP contribution in [0.3, 0.4) is 0 Å². The topological polar surface area (TPSA) is 81.8 Å². The molecule has 0 bridgehead atoms. The molecule has 0 atom stereocenters. The maximum atomic E-state index is 4.91. The summed E-state index contributed by atoms with van der Waals surface area (Å²) in [5.41, 5.74) is 0.991. The predicted molar refractivity (Wildman–Crippen MR) is 122 cm³/mol. The number of aliphatic imine (C=N–C) groups is 1. The number of hydrogen-bond donors (Lipinski definition) is 2. The molecule has 0 unspecified atom stereocenters. The normalized spacial score (nSPS) is 15.2. The Labute approximate surface area is 183 Å². The SMILES string of the molecule is CN=C(NCCCCNc1ccccn1)N1CCN(Cc2ccon2)CC1.I. The minimum Gasteiger partial charge on any atom is -0.370 e. The van der Waals surface area contributed by atoms with Crippen molar-refractivity contribution in [3.05, 3.63) is 42.4 Å². The number of aromatic nitrogens is 2. The molecule has 3 rings (SSSR count). The smallest absolute Gasteiger partial charge is 0.193 e. The number of piperazine rings is 1. The van der Waals surface area contributed by atoms with Crippen molar-refractivity contribution in [1.29, 1.82) is 0 Å². The number of nitrogens with zero attached hydrogens (tertiary/aromatic N) is 5. The van der Waals surface area contributed by atoms with Crippen molar-refractivity contribution in [3.63, 3.8) is 0 Å². The Morgan fingerprint density at radius 1 is 1.14 bits per heavy atom. The zero-order chi connectivity index (χ0) is 18.7. The van der Waals surface area contributed by atoms with Crippen LogP contribution in [0.5, 0.6) is 0 Å². The Kier molecular flexibility index (Phi) is 10.0. The van der Waals surface area contributed by atoms with E-state index in [1.165, 1.54) is 0 Å². The first-order chi connectivity index (χ1) is 13.3. The summed E-state index contributed by atoms with van der Waals surface area (Å²) in [6, 6.07) is 7.83. The van der Waals surface area contributed by atoms with Gasteiger partial charge in [-0.1, -0.05) is 11.2 Å². The van der Waals surface area contributed by atoms with Crippen LogP contribution in [0.15, 0.2) is 46.2 Å². The van der Waals surface area contributed by atoms with Gasteiger partial charge in [-0.05, 0) is 25.0 Å². The molecule has 0 aromatic carbocycles. The highest BCUT2D eigenvalue weighted by Gasteiger charge is 2.19. The number of rotatable bonds is 8. The van der Waals surface area contributed by atoms with Crippen molar-refractivity contribution >= 4 is 35.8 Å². The molecule has 1 aliphatic heterocycles. The maximum absolute atomic E-state index is 4.91. The number of unbranched alkanes of at least 4 members (excludes halogenated alkanes) is 1. The monoisotopic (exact) mass is 499 g/mol. The highest BCUT2D eigenvalue weighted by Crippen LogP contribution is 2.07. The van der Waals surface area contributed by atoms with Gasteiger partial charge in [-0.2, -0.15) is 0 Å². The second-order valence-corrected chi connectivity index (χ2v) is 6.58. The summed E-state index contributed by atoms with van der Waals surface area (Å²) in [6.45, 7) is 6.65. The van der Waals surface area contributed by atoms with E-state index in [9.17, 15) is 0 Å². The van der Waals surface area contributed by atoms with Gasteiger partial charge >= 0.3 is 0 Å². The van der Waals surface area contributed by atoms with E-state index in [1.54, 1.807) is 12.5 Å². The van der Waals surface area contributed by atoms with E-state index >= 15 is 0 Å². The lowest BCUT2D eigenvalue weighted by atomic mass is 10.3. The van der Waals surface area contributed by atoms with Gasteiger partial charge in [0.15, 0.2) is 5.96 Å². The van der Waals surface area contributed by atoms with E-state index < -0.39 is 0 Å². The lowest BCUT2D eigenvalue weighted by Crippen LogP contribution is -2.52. The Morgan fingerprint density at radius 2 is 1.96 bits per heavy atom. The number of halogens is 1. The molecule has 0 saturated carbocycles. The summed E-state index contributed by atoms with van der Waals surface area (Å²) in [7, 11) is 1.85. The fraction of sp³-hybridized carbons (Fsp3) is 0.526. The van der Waals surface area contributed by atoms with Gasteiger partial charge in [-0.25, -0.2) is 4.98 Å². The van der Waals surface area contributed by atoms with Crippen LogP contribution >= 0.6 is 24.0 Å². The largest absolute Gasteiger partial charge is 0.370 e. The fourth-order valence-electron chi connectivity index (χ4n) is 3.13. The van der Waals surface area contributed by atoms with Crippen molar-refractivity contribution in [1.82, 2.24) is 25.3 Å². The molecule has 0 aliphatic carbocycles. The molecule has 8 nitrogen and oxygen atoms in total. The molecule has 0 spiro atoms. The molecular formula is C19H30IN7O. The first kappa shape index (κ1) is 22.4. The minimum absolute atomic E-state index is 0. The number of pyridine rings is 1. The molecule has 0 radical (unpaired) electrons. The van der Waals surface area contributed by atoms with Gasteiger partial charge in [0.05, 0.1) is 5.69 Å². The van der Waals surface area contributed by atoms with Crippen molar-refractivity contribution in [3.8, 4) is 0 Å². The average molecular weight is 499 g/mol. The lowest BCUT2D eigenvalue weighted by Gasteiger charge is -2.36. The van der Waals surface area contributed by atoms with E-state index in [4.69, 9.17) is 4.52 Å². The first-order valence-electron chi connectivity index (χ1n) is 9.57. The van der Waals surface area contributed by atoms with Crippen LogP contribution in [-0.2, 0) is 6.54 Å². The van der Waals surface area contributed by atoms with Crippen LogP contribution in [-0.4, -0.2) is 72.2 Å². The average Bonchev–Trinajstić information content (AvgIpc) is 3.22. The molecule has 2 aromatic heterocycles. The Morgan fingerprint density at radius 3 is 2.64 bits per heavy atom. The highest BCUT2D eigenvalue weighted by molar-refractivity contribution is 14.0. The van der Waals surface area contributed by atoms with Crippen LogP contribution in [0.2, 0.25) is 0 Å². The van der Waals surface area contributed by atoms with E-state index in [0.717, 1.165) is 76.1 Å². The molecule has 1 fully saturated rings. The number of hydrogen-bond acceptors (Lipinski definition) is 6. The number of guanidine groups is 1. The van der Waals surface area contributed by atoms with Crippen LogP contribution in [0.4, 0.5) is 5.82 Å². The molecule has 1 saturated heterocycles. The summed E-state index contributed by atoms with van der Waals surface area (Å²) in [6.07, 6.45) is 5.61. The fourth-order valence-corrected chi connectivity index (χ4v) is 3.13. The Balaban J connectivity index is 0.00000280. The molecule has 154 valence electrons. The highest BCUT2D eigenvalue weighted by atomic mass is 127. The molecule has 2 N–H and O–H groups in total. The summed E-state index contributed by atoms with van der Waals surface area (Å²) < 4.78 is 4.91. The van der Waals surface area contributed by atoms with Gasteiger partial charge in [0.25, 0.3) is 0 Å². The van der Waals surface area contributed by atoms with E-state index in [1.807, 2.05) is 31.3 Å². The standard InChI is InChI=1S/C19H29N7O.HI/c1-20-19(23-10-5-4-9-22-18-6-2-3-8-21-18)26-13-11-25(12-14-26)16-17-7-15-27-24-17;/h2-3,6-8,15H,4-5,9-14,16H2,1H3,(H,20,23)(H,21,22);1H. The van der Waals surface area contributed by atoms with Crippen LogP contribution in [0.1, 0.15) is 18.5 Å². The lowest BCUT2D eigenvalue weighted by molar-refractivity contribution is 0.169. The molecular weight excluding hydrogens is 469 g/mol. The second kappa shape index (κ2) is 12.6. The Hall–Kier alpha value is -1.88. The van der Waals surface area contributed by atoms with E-state index in [0.29, 0.717) is 0 Å². The maximum Gasteiger partial charge on any atom is 0.193 e. The molecule has 28 heavy (non-hydrogen) atoms. The summed E-state index contributed by atoms with van der Waals surface area (Å²) in [4.78, 5) is 13.4. The molecule has 0 amide bonds. The summed E-state index contributed by atoms with van der Waals surface area (Å²) in [5.74, 6) is 1.93. The van der Waals surface area contributed by atoms with Gasteiger partial charge in [0.2, 0.25) is 0 Å². The van der Waals surface area contributed by atoms with Gasteiger partial charge in [0, 0.05) is 65.1 Å². The van der Waals surface area contributed by atoms with Crippen LogP contribution in [0.25, 0.3) is 0 Å². The molecule has 9 heteroatoms. The molecule has 2 aromatic rings. The van der Waals surface area contributed by atoms with Gasteiger partial charge in [-0.3, -0.25) is 9.89 Å². The van der Waals surface area contributed by atoms with Gasteiger partial charge in [0.1, 0.15) is 12.1 Å². The third-order valence-electron chi connectivity index (χ3n) is 4.62. The van der Waals surface area contributed by atoms with Crippen molar-refractivity contribution < 1.29 is 4.52 Å². The quantitative estimate of drug-likeness (QED) is 0.250. The number of anilines is 1. The Bertz CT molecular complexity index is 673. The zero-order valence-electron chi connectivity index (χ0n) is 16.4. The number of nitrogens with one attached hydrogen (secondary N) is 2. The van der Waals surface area contributed by atoms with E-state index in [-0.39, 0.29) is 24.0 Å². The third kappa shape index (κ3) is 7.27. The molecule has 1 aliphatic rings. The van der Waals surface area contributed by atoms with Gasteiger partial charge in [-0.15, -0.1) is 24.0 Å². The van der Waals surface area contributed by atoms with Gasteiger partial charge < -0.3 is 20.1 Å². The van der Waals surface area contributed by atoms with Crippen LogP contribution in [0, 0.1) is 0 Å². The first-order valence-corrected chi connectivity index (χ1v) is 9.57.